The molecule has 0 saturated carbocycles. The van der Waals surface area contributed by atoms with Gasteiger partial charge in [0.05, 0.1) is 7.11 Å². The zero-order valence-electron chi connectivity index (χ0n) is 10.4. The normalized spacial score (nSPS) is 12.9. The maximum atomic E-state index is 5.36. The number of hydrogen-bond acceptors (Lipinski definition) is 2. The van der Waals surface area contributed by atoms with Crippen LogP contribution in [0.25, 0.3) is 0 Å². The number of hydrogen-bond donors (Lipinski definition) is 0. The van der Waals surface area contributed by atoms with Crippen LogP contribution in [0, 0.1) is 6.92 Å². The summed E-state index contributed by atoms with van der Waals surface area (Å²) in [5.41, 5.74) is 2.58. The number of benzene rings is 1. The topological polar surface area (TPSA) is 12.5 Å². The van der Waals surface area contributed by atoms with Crippen LogP contribution in [0.1, 0.15) is 18.1 Å². The average molecular weight is 207 g/mol. The van der Waals surface area contributed by atoms with Crippen LogP contribution in [0.15, 0.2) is 18.2 Å². The van der Waals surface area contributed by atoms with Crippen molar-refractivity contribution in [2.75, 3.05) is 21.2 Å². The Morgan fingerprint density at radius 2 is 2.00 bits per heavy atom. The van der Waals surface area contributed by atoms with Crippen molar-refractivity contribution >= 4 is 0 Å². The molecule has 0 aromatic heterocycles. The van der Waals surface area contributed by atoms with Gasteiger partial charge in [0.1, 0.15) is 5.75 Å². The maximum Gasteiger partial charge on any atom is 0.122 e. The lowest BCUT2D eigenvalue weighted by Gasteiger charge is -2.21. The lowest BCUT2D eigenvalue weighted by Crippen LogP contribution is -2.26. The van der Waals surface area contributed by atoms with Gasteiger partial charge in [0.25, 0.3) is 0 Å². The monoisotopic (exact) mass is 207 g/mol. The number of nitrogens with zero attached hydrogens (tertiary/aromatic N) is 1. The van der Waals surface area contributed by atoms with E-state index in [0.29, 0.717) is 6.04 Å². The molecule has 2 heteroatoms. The SMILES string of the molecule is COc1ccc(C)cc1CC(C)N(C)C. The first-order valence-corrected chi connectivity index (χ1v) is 5.34. The number of methoxy groups -OCH3 is 1. The summed E-state index contributed by atoms with van der Waals surface area (Å²) in [5.74, 6) is 0.995. The smallest absolute Gasteiger partial charge is 0.122 e. The van der Waals surface area contributed by atoms with Gasteiger partial charge in [-0.25, -0.2) is 0 Å². The van der Waals surface area contributed by atoms with E-state index >= 15 is 0 Å². The molecule has 0 saturated heterocycles. The molecule has 0 fully saturated rings. The Kier molecular flexibility index (Phi) is 4.15. The van der Waals surface area contributed by atoms with Crippen molar-refractivity contribution in [3.63, 3.8) is 0 Å². The molecule has 84 valence electrons. The summed E-state index contributed by atoms with van der Waals surface area (Å²) >= 11 is 0. The van der Waals surface area contributed by atoms with Gasteiger partial charge in [-0.3, -0.25) is 0 Å². The molecule has 1 rings (SSSR count). The van der Waals surface area contributed by atoms with E-state index in [4.69, 9.17) is 4.74 Å². The minimum Gasteiger partial charge on any atom is -0.496 e. The van der Waals surface area contributed by atoms with Gasteiger partial charge >= 0.3 is 0 Å². The van der Waals surface area contributed by atoms with Crippen LogP contribution in [0.2, 0.25) is 0 Å². The quantitative estimate of drug-likeness (QED) is 0.752. The molecule has 2 nitrogen and oxygen atoms in total. The maximum absolute atomic E-state index is 5.36. The summed E-state index contributed by atoms with van der Waals surface area (Å²) in [6, 6.07) is 6.87. The van der Waals surface area contributed by atoms with Crippen LogP contribution in [-0.2, 0) is 6.42 Å². The van der Waals surface area contributed by atoms with Gasteiger partial charge in [-0.1, -0.05) is 17.7 Å². The van der Waals surface area contributed by atoms with E-state index in [1.807, 2.05) is 6.07 Å². The van der Waals surface area contributed by atoms with Crippen molar-refractivity contribution in [1.82, 2.24) is 4.90 Å². The lowest BCUT2D eigenvalue weighted by atomic mass is 10.0. The fourth-order valence-electron chi connectivity index (χ4n) is 1.57. The second kappa shape index (κ2) is 5.17. The molecule has 1 atom stereocenters. The van der Waals surface area contributed by atoms with Crippen molar-refractivity contribution in [3.8, 4) is 5.75 Å². The Bertz CT molecular complexity index is 320. The molecular weight excluding hydrogens is 186 g/mol. The molecule has 1 aromatic carbocycles. The highest BCUT2D eigenvalue weighted by atomic mass is 16.5. The number of rotatable bonds is 4. The highest BCUT2D eigenvalue weighted by Gasteiger charge is 2.09. The minimum atomic E-state index is 0.528. The predicted octanol–water partition coefficient (Wildman–Crippen LogP) is 2.50. The lowest BCUT2D eigenvalue weighted by molar-refractivity contribution is 0.308. The Hall–Kier alpha value is -1.02. The molecule has 0 bridgehead atoms. The zero-order chi connectivity index (χ0) is 11.4. The first kappa shape index (κ1) is 12.1. The van der Waals surface area contributed by atoms with Crippen LogP contribution < -0.4 is 4.74 Å². The van der Waals surface area contributed by atoms with Crippen molar-refractivity contribution in [2.45, 2.75) is 26.3 Å². The molecule has 0 amide bonds. The molecular formula is C13H21NO. The fraction of sp³-hybridized carbons (Fsp3) is 0.538. The largest absolute Gasteiger partial charge is 0.496 e. The third-order valence-electron chi connectivity index (χ3n) is 2.83. The first-order valence-electron chi connectivity index (χ1n) is 5.34. The minimum absolute atomic E-state index is 0.528. The molecule has 0 aliphatic carbocycles. The highest BCUT2D eigenvalue weighted by molar-refractivity contribution is 5.37. The van der Waals surface area contributed by atoms with Gasteiger partial charge in [0, 0.05) is 6.04 Å². The van der Waals surface area contributed by atoms with Crippen LogP contribution in [0.3, 0.4) is 0 Å². The molecule has 0 aliphatic rings. The third-order valence-corrected chi connectivity index (χ3v) is 2.83. The Morgan fingerprint density at radius 1 is 1.33 bits per heavy atom. The van der Waals surface area contributed by atoms with Crippen molar-refractivity contribution in [2.24, 2.45) is 0 Å². The van der Waals surface area contributed by atoms with Gasteiger partial charge in [0.15, 0.2) is 0 Å². The van der Waals surface area contributed by atoms with Gasteiger partial charge < -0.3 is 9.64 Å². The predicted molar refractivity (Wildman–Crippen MR) is 64.6 cm³/mol. The third kappa shape index (κ3) is 3.24. The highest BCUT2D eigenvalue weighted by Crippen LogP contribution is 2.21. The fourth-order valence-corrected chi connectivity index (χ4v) is 1.57. The molecule has 1 aromatic rings. The second-order valence-electron chi connectivity index (χ2n) is 4.33. The van der Waals surface area contributed by atoms with E-state index in [9.17, 15) is 0 Å². The standard InChI is InChI=1S/C13H21NO/c1-10-6-7-13(15-5)12(8-10)9-11(2)14(3)4/h6-8,11H,9H2,1-5H3. The summed E-state index contributed by atoms with van der Waals surface area (Å²) in [4.78, 5) is 2.22. The van der Waals surface area contributed by atoms with Crippen LogP contribution in [0.4, 0.5) is 0 Å². The number of ether oxygens (including phenoxy) is 1. The van der Waals surface area contributed by atoms with Gasteiger partial charge in [0.2, 0.25) is 0 Å². The van der Waals surface area contributed by atoms with E-state index in [0.717, 1.165) is 12.2 Å². The van der Waals surface area contributed by atoms with E-state index in [-0.39, 0.29) is 0 Å². The van der Waals surface area contributed by atoms with Crippen molar-refractivity contribution in [3.05, 3.63) is 29.3 Å². The van der Waals surface area contributed by atoms with E-state index < -0.39 is 0 Å². The Morgan fingerprint density at radius 3 is 2.53 bits per heavy atom. The van der Waals surface area contributed by atoms with Gasteiger partial charge in [-0.2, -0.15) is 0 Å². The van der Waals surface area contributed by atoms with Gasteiger partial charge in [-0.05, 0) is 46.0 Å². The second-order valence-corrected chi connectivity index (χ2v) is 4.33. The molecule has 0 heterocycles. The molecule has 0 radical (unpaired) electrons. The zero-order valence-corrected chi connectivity index (χ0v) is 10.4. The van der Waals surface area contributed by atoms with Crippen molar-refractivity contribution in [1.29, 1.82) is 0 Å². The molecule has 15 heavy (non-hydrogen) atoms. The molecule has 0 spiro atoms. The van der Waals surface area contributed by atoms with Crippen molar-refractivity contribution < 1.29 is 4.74 Å². The number of aryl methyl sites for hydroxylation is 1. The van der Waals surface area contributed by atoms with E-state index in [2.05, 4.69) is 45.0 Å². The van der Waals surface area contributed by atoms with E-state index in [1.54, 1.807) is 7.11 Å². The molecule has 0 N–H and O–H groups in total. The Balaban J connectivity index is 2.87. The molecule has 1 unspecified atom stereocenters. The summed E-state index contributed by atoms with van der Waals surface area (Å²) in [6.07, 6.45) is 1.03. The summed E-state index contributed by atoms with van der Waals surface area (Å²) < 4.78 is 5.36. The summed E-state index contributed by atoms with van der Waals surface area (Å²) in [6.45, 7) is 4.34. The van der Waals surface area contributed by atoms with Crippen LogP contribution in [-0.4, -0.2) is 32.1 Å². The van der Waals surface area contributed by atoms with E-state index in [1.165, 1.54) is 11.1 Å². The first-order chi connectivity index (χ1) is 7.04. The van der Waals surface area contributed by atoms with Crippen LogP contribution >= 0.6 is 0 Å². The summed E-state index contributed by atoms with van der Waals surface area (Å²) in [5, 5.41) is 0. The average Bonchev–Trinajstić information content (AvgIpc) is 2.18. The van der Waals surface area contributed by atoms with Gasteiger partial charge in [-0.15, -0.1) is 0 Å². The van der Waals surface area contributed by atoms with Crippen LogP contribution in [0.5, 0.6) is 5.75 Å². The Labute approximate surface area is 92.9 Å². The molecule has 0 aliphatic heterocycles. The number of likely N-dealkylation sites (N-methyl/N-ethyl adjacent to an activating group) is 1. The summed E-state index contributed by atoms with van der Waals surface area (Å²) in [7, 11) is 5.94.